The molecule has 1 unspecified atom stereocenters. The van der Waals surface area contributed by atoms with E-state index >= 15 is 0 Å². The van der Waals surface area contributed by atoms with Gasteiger partial charge >= 0.3 is 23.9 Å². The molecule has 1 saturated heterocycles. The van der Waals surface area contributed by atoms with E-state index in [9.17, 15) is 44.7 Å². The molecule has 1 heterocycles. The Bertz CT molecular complexity index is 994. The molecule has 1 fully saturated rings. The van der Waals surface area contributed by atoms with Crippen LogP contribution in [0.5, 0.6) is 0 Å². The number of carbonyl (C=O) groups is 4. The molecule has 0 radical (unpaired) electrons. The van der Waals surface area contributed by atoms with Crippen LogP contribution in [0, 0.1) is 0 Å². The average Bonchev–Trinajstić information content (AvgIpc) is 3.12. The maximum absolute atomic E-state index is 13.2. The van der Waals surface area contributed by atoms with Crippen LogP contribution < -0.4 is 0 Å². The fourth-order valence-corrected chi connectivity index (χ4v) is 5.56. The lowest BCUT2D eigenvalue weighted by molar-refractivity contribution is -0.349. The Hall–Kier alpha value is -2.40. The molecule has 15 nitrogen and oxygen atoms in total. The van der Waals surface area contributed by atoms with Crippen molar-refractivity contribution in [2.45, 2.75) is 199 Å². The molecule has 0 bridgehead atoms. The van der Waals surface area contributed by atoms with Crippen molar-refractivity contribution in [3.63, 3.8) is 0 Å². The first-order valence-electron chi connectivity index (χ1n) is 19.3. The van der Waals surface area contributed by atoms with Crippen molar-refractivity contribution in [3.05, 3.63) is 0 Å². The van der Waals surface area contributed by atoms with Crippen molar-refractivity contribution in [1.29, 1.82) is 0 Å². The third-order valence-corrected chi connectivity index (χ3v) is 8.74. The molecular formula is C37H66O15. The SMILES string of the molecule is CCCCCCCC(=O)O[C@@H]1[C@H](OC(O)[C@H](O)[C@H](O)[C@@H](O)CO)O[C@H](COC(=O)CCCCC)[C@@H](OC(=O)CCCCC)[C@@H]1OC(=O)CCCCC. The summed E-state index contributed by atoms with van der Waals surface area (Å²) in [5, 5.41) is 50.7. The maximum Gasteiger partial charge on any atom is 0.306 e. The molecule has 0 amide bonds. The van der Waals surface area contributed by atoms with Crippen LogP contribution in [0.3, 0.4) is 0 Å². The first-order chi connectivity index (χ1) is 24.9. The molecule has 0 aliphatic carbocycles. The standard InChI is InChI=1S/C37H66O15/c1-5-9-13-14-18-22-30(43)51-35-34(50-29(42)21-17-12-8-4)33(49-28(41)20-16-11-7-3)26(24-47-27(40)19-15-10-6-2)48-37(35)52-36(46)32(45)31(44)25(39)23-38/h25-26,31-39,44-46H,5-24H2,1-4H3/t25-,26+,31+,32+,33+,34-,35-,36?,37-/m0/s1. The zero-order valence-electron chi connectivity index (χ0n) is 31.7. The van der Waals surface area contributed by atoms with E-state index in [1.54, 1.807) is 0 Å². The van der Waals surface area contributed by atoms with Crippen LogP contribution in [0.15, 0.2) is 0 Å². The minimum Gasteiger partial charge on any atom is -0.463 e. The van der Waals surface area contributed by atoms with Crippen molar-refractivity contribution >= 4 is 23.9 Å². The summed E-state index contributed by atoms with van der Waals surface area (Å²) in [5.41, 5.74) is 0. The number of aliphatic hydroxyl groups excluding tert-OH is 5. The first-order valence-corrected chi connectivity index (χ1v) is 19.3. The molecule has 0 aromatic rings. The average molecular weight is 751 g/mol. The van der Waals surface area contributed by atoms with Gasteiger partial charge in [0.25, 0.3) is 0 Å². The predicted octanol–water partition coefficient (Wildman–Crippen LogP) is 3.50. The van der Waals surface area contributed by atoms with Gasteiger partial charge in [-0.05, 0) is 25.7 Å². The van der Waals surface area contributed by atoms with E-state index in [2.05, 4.69) is 6.92 Å². The minimum absolute atomic E-state index is 0.0170. The third-order valence-electron chi connectivity index (χ3n) is 8.74. The van der Waals surface area contributed by atoms with Gasteiger partial charge in [-0.25, -0.2) is 0 Å². The number of hydrogen-bond donors (Lipinski definition) is 5. The predicted molar refractivity (Wildman–Crippen MR) is 187 cm³/mol. The van der Waals surface area contributed by atoms with Crippen molar-refractivity contribution in [2.75, 3.05) is 13.2 Å². The summed E-state index contributed by atoms with van der Waals surface area (Å²) in [6, 6.07) is 0. The normalized spacial score (nSPS) is 22.5. The second kappa shape index (κ2) is 28.1. The summed E-state index contributed by atoms with van der Waals surface area (Å²) in [4.78, 5) is 52.3. The van der Waals surface area contributed by atoms with Gasteiger partial charge in [0.1, 0.15) is 31.0 Å². The van der Waals surface area contributed by atoms with Crippen LogP contribution >= 0.6 is 0 Å². The number of carbonyl (C=O) groups excluding carboxylic acids is 4. The van der Waals surface area contributed by atoms with E-state index in [0.29, 0.717) is 25.7 Å². The van der Waals surface area contributed by atoms with Crippen molar-refractivity contribution in [3.8, 4) is 0 Å². The lowest BCUT2D eigenvalue weighted by Crippen LogP contribution is -2.64. The molecule has 0 spiro atoms. The van der Waals surface area contributed by atoms with Crippen LogP contribution in [0.1, 0.15) is 143 Å². The van der Waals surface area contributed by atoms with Gasteiger partial charge in [-0.1, -0.05) is 91.9 Å². The highest BCUT2D eigenvalue weighted by Gasteiger charge is 2.54. The van der Waals surface area contributed by atoms with Gasteiger partial charge in [-0.2, -0.15) is 0 Å². The van der Waals surface area contributed by atoms with Gasteiger partial charge in [0, 0.05) is 25.7 Å². The second-order valence-electron chi connectivity index (χ2n) is 13.4. The van der Waals surface area contributed by atoms with E-state index in [4.69, 9.17) is 28.4 Å². The highest BCUT2D eigenvalue weighted by atomic mass is 16.8. The number of esters is 4. The zero-order valence-corrected chi connectivity index (χ0v) is 31.7. The summed E-state index contributed by atoms with van der Waals surface area (Å²) in [6.45, 7) is 6.51. The van der Waals surface area contributed by atoms with Gasteiger partial charge in [0.15, 0.2) is 24.6 Å². The molecule has 0 aromatic carbocycles. The Balaban J connectivity index is 3.60. The molecule has 5 N–H and O–H groups in total. The Kier molecular flexibility index (Phi) is 25.7. The summed E-state index contributed by atoms with van der Waals surface area (Å²) in [7, 11) is 0. The van der Waals surface area contributed by atoms with Crippen LogP contribution in [-0.4, -0.2) is 118 Å². The highest BCUT2D eigenvalue weighted by molar-refractivity contribution is 5.72. The quantitative estimate of drug-likeness (QED) is 0.0319. The largest absolute Gasteiger partial charge is 0.463 e. The summed E-state index contributed by atoms with van der Waals surface area (Å²) in [5.74, 6) is -2.66. The van der Waals surface area contributed by atoms with Crippen LogP contribution in [0.25, 0.3) is 0 Å². The van der Waals surface area contributed by atoms with Gasteiger partial charge in [0.2, 0.25) is 6.29 Å². The number of aliphatic hydroxyl groups is 5. The van der Waals surface area contributed by atoms with E-state index in [1.807, 2.05) is 20.8 Å². The molecule has 0 saturated carbocycles. The molecular weight excluding hydrogens is 684 g/mol. The van der Waals surface area contributed by atoms with Crippen molar-refractivity contribution < 1.29 is 73.1 Å². The van der Waals surface area contributed by atoms with E-state index in [-0.39, 0.29) is 25.7 Å². The first kappa shape index (κ1) is 47.6. The Labute approximate surface area is 308 Å². The van der Waals surface area contributed by atoms with E-state index in [1.165, 1.54) is 0 Å². The van der Waals surface area contributed by atoms with E-state index in [0.717, 1.165) is 64.2 Å². The molecule has 0 aromatic heterocycles. The molecule has 1 aliphatic rings. The third kappa shape index (κ3) is 18.6. The topological polar surface area (TPSA) is 225 Å². The summed E-state index contributed by atoms with van der Waals surface area (Å²) >= 11 is 0. The van der Waals surface area contributed by atoms with Gasteiger partial charge in [-0.15, -0.1) is 0 Å². The van der Waals surface area contributed by atoms with Gasteiger partial charge in [0.05, 0.1) is 6.61 Å². The van der Waals surface area contributed by atoms with Crippen molar-refractivity contribution in [2.24, 2.45) is 0 Å². The fraction of sp³-hybridized carbons (Fsp3) is 0.892. The monoisotopic (exact) mass is 750 g/mol. The van der Waals surface area contributed by atoms with E-state index < -0.39 is 92.4 Å². The molecule has 1 rings (SSSR count). The zero-order chi connectivity index (χ0) is 38.9. The Morgan fingerprint density at radius 1 is 0.558 bits per heavy atom. The fourth-order valence-electron chi connectivity index (χ4n) is 5.56. The number of hydrogen-bond acceptors (Lipinski definition) is 15. The van der Waals surface area contributed by atoms with Gasteiger partial charge < -0.3 is 54.0 Å². The van der Waals surface area contributed by atoms with Crippen molar-refractivity contribution in [1.82, 2.24) is 0 Å². The lowest BCUT2D eigenvalue weighted by Gasteiger charge is -2.45. The number of ether oxygens (including phenoxy) is 6. The minimum atomic E-state index is -2.30. The van der Waals surface area contributed by atoms with Crippen LogP contribution in [0.4, 0.5) is 0 Å². The molecule has 52 heavy (non-hydrogen) atoms. The second-order valence-corrected chi connectivity index (χ2v) is 13.4. The summed E-state index contributed by atoms with van der Waals surface area (Å²) in [6.07, 6.45) is -5.78. The Morgan fingerprint density at radius 3 is 1.48 bits per heavy atom. The van der Waals surface area contributed by atoms with Gasteiger partial charge in [-0.3, -0.25) is 19.2 Å². The highest BCUT2D eigenvalue weighted by Crippen LogP contribution is 2.32. The van der Waals surface area contributed by atoms with Crippen LogP contribution in [0.2, 0.25) is 0 Å². The number of unbranched alkanes of at least 4 members (excludes halogenated alkanes) is 10. The van der Waals surface area contributed by atoms with Crippen LogP contribution in [-0.2, 0) is 47.6 Å². The summed E-state index contributed by atoms with van der Waals surface area (Å²) < 4.78 is 34.7. The molecule has 15 heteroatoms. The molecule has 1 aliphatic heterocycles. The number of rotatable bonds is 29. The maximum atomic E-state index is 13.2. The molecule has 304 valence electrons. The lowest BCUT2D eigenvalue weighted by atomic mass is 9.97. The Morgan fingerprint density at radius 2 is 0.981 bits per heavy atom. The molecule has 9 atom stereocenters. The smallest absolute Gasteiger partial charge is 0.306 e.